The second-order valence-corrected chi connectivity index (χ2v) is 5.43. The predicted octanol–water partition coefficient (Wildman–Crippen LogP) is 3.61. The summed E-state index contributed by atoms with van der Waals surface area (Å²) < 4.78 is 14.1. The molecule has 0 spiro atoms. The quantitative estimate of drug-likeness (QED) is 0.895. The van der Waals surface area contributed by atoms with Crippen molar-refractivity contribution in [2.75, 3.05) is 6.54 Å². The summed E-state index contributed by atoms with van der Waals surface area (Å²) in [5, 5.41) is 9.66. The maximum absolute atomic E-state index is 14.1. The molecule has 0 radical (unpaired) electrons. The third-order valence-electron chi connectivity index (χ3n) is 4.55. The molecule has 110 valence electrons. The van der Waals surface area contributed by atoms with Gasteiger partial charge in [-0.3, -0.25) is 9.69 Å². The van der Waals surface area contributed by atoms with Gasteiger partial charge in [-0.1, -0.05) is 32.0 Å². The molecule has 1 aromatic rings. The molecule has 1 aliphatic rings. The van der Waals surface area contributed by atoms with Gasteiger partial charge >= 0.3 is 5.97 Å². The second-order valence-electron chi connectivity index (χ2n) is 5.43. The zero-order valence-electron chi connectivity index (χ0n) is 12.1. The summed E-state index contributed by atoms with van der Waals surface area (Å²) in [7, 11) is 0. The molecular weight excluding hydrogens is 257 g/mol. The van der Waals surface area contributed by atoms with E-state index < -0.39 is 11.5 Å². The van der Waals surface area contributed by atoms with E-state index in [4.69, 9.17) is 0 Å². The Morgan fingerprint density at radius 3 is 2.70 bits per heavy atom. The minimum absolute atomic E-state index is 0.172. The number of carbonyl (C=O) groups is 1. The number of halogens is 1. The molecule has 2 unspecified atom stereocenters. The number of hydrogen-bond donors (Lipinski definition) is 1. The number of likely N-dealkylation sites (tertiary alicyclic amines) is 1. The van der Waals surface area contributed by atoms with Crippen molar-refractivity contribution in [2.24, 2.45) is 0 Å². The van der Waals surface area contributed by atoms with E-state index in [2.05, 4.69) is 0 Å². The summed E-state index contributed by atoms with van der Waals surface area (Å²) in [6.45, 7) is 4.60. The number of hydrogen-bond acceptors (Lipinski definition) is 2. The Hall–Kier alpha value is -1.42. The first-order valence-electron chi connectivity index (χ1n) is 7.31. The lowest BCUT2D eigenvalue weighted by Gasteiger charge is -2.39. The van der Waals surface area contributed by atoms with E-state index >= 15 is 0 Å². The van der Waals surface area contributed by atoms with E-state index in [1.54, 1.807) is 12.1 Å². The highest BCUT2D eigenvalue weighted by molar-refractivity contribution is 5.79. The zero-order valence-corrected chi connectivity index (χ0v) is 12.1. The summed E-state index contributed by atoms with van der Waals surface area (Å²) in [6, 6.07) is 6.52. The number of benzene rings is 1. The average molecular weight is 279 g/mol. The van der Waals surface area contributed by atoms with Crippen LogP contribution in [0.2, 0.25) is 0 Å². The van der Waals surface area contributed by atoms with E-state index in [1.807, 2.05) is 24.8 Å². The molecule has 1 heterocycles. The summed E-state index contributed by atoms with van der Waals surface area (Å²) >= 11 is 0. The standard InChI is InChI=1S/C16H22FNO2/c1-3-14(12-8-5-6-9-13(12)17)18-11-7-10-16(18,4-2)15(19)20/h5-6,8-9,14H,3-4,7,10-11H2,1-2H3,(H,19,20). The van der Waals surface area contributed by atoms with Crippen molar-refractivity contribution in [1.82, 2.24) is 4.90 Å². The highest BCUT2D eigenvalue weighted by Gasteiger charge is 2.49. The lowest BCUT2D eigenvalue weighted by atomic mass is 9.89. The van der Waals surface area contributed by atoms with Crippen LogP contribution in [-0.2, 0) is 4.79 Å². The van der Waals surface area contributed by atoms with Gasteiger partial charge in [0.2, 0.25) is 0 Å². The maximum atomic E-state index is 14.1. The van der Waals surface area contributed by atoms with Crippen molar-refractivity contribution in [3.8, 4) is 0 Å². The van der Waals surface area contributed by atoms with Crippen molar-refractivity contribution in [1.29, 1.82) is 0 Å². The molecule has 0 amide bonds. The molecule has 1 aromatic carbocycles. The topological polar surface area (TPSA) is 40.5 Å². The van der Waals surface area contributed by atoms with Gasteiger partial charge < -0.3 is 5.11 Å². The molecule has 0 aliphatic carbocycles. The fourth-order valence-electron chi connectivity index (χ4n) is 3.47. The lowest BCUT2D eigenvalue weighted by Crippen LogP contribution is -2.51. The molecule has 3 nitrogen and oxygen atoms in total. The van der Waals surface area contributed by atoms with Crippen molar-refractivity contribution < 1.29 is 14.3 Å². The Bertz CT molecular complexity index is 491. The number of nitrogens with zero attached hydrogens (tertiary/aromatic N) is 1. The summed E-state index contributed by atoms with van der Waals surface area (Å²) in [5.74, 6) is -1.03. The molecule has 1 saturated heterocycles. The minimum atomic E-state index is -0.844. The highest BCUT2D eigenvalue weighted by Crippen LogP contribution is 2.41. The van der Waals surface area contributed by atoms with Crippen molar-refractivity contribution in [3.05, 3.63) is 35.6 Å². The van der Waals surface area contributed by atoms with Gasteiger partial charge in [-0.25, -0.2) is 4.39 Å². The van der Waals surface area contributed by atoms with Crippen molar-refractivity contribution >= 4 is 5.97 Å². The molecule has 0 saturated carbocycles. The van der Waals surface area contributed by atoms with Crippen LogP contribution < -0.4 is 0 Å². The van der Waals surface area contributed by atoms with Crippen LogP contribution >= 0.6 is 0 Å². The van der Waals surface area contributed by atoms with Gasteiger partial charge in [0, 0.05) is 11.6 Å². The first kappa shape index (κ1) is 15.0. The van der Waals surface area contributed by atoms with Crippen LogP contribution in [0.15, 0.2) is 24.3 Å². The van der Waals surface area contributed by atoms with E-state index in [0.717, 1.165) is 6.42 Å². The van der Waals surface area contributed by atoms with E-state index in [0.29, 0.717) is 31.4 Å². The smallest absolute Gasteiger partial charge is 0.324 e. The van der Waals surface area contributed by atoms with Crippen LogP contribution in [0.25, 0.3) is 0 Å². The van der Waals surface area contributed by atoms with Gasteiger partial charge in [0.05, 0.1) is 0 Å². The molecule has 2 rings (SSSR count). The Morgan fingerprint density at radius 1 is 1.45 bits per heavy atom. The summed E-state index contributed by atoms with van der Waals surface area (Å²) in [4.78, 5) is 13.8. The Balaban J connectivity index is 2.41. The van der Waals surface area contributed by atoms with Gasteiger partial charge in [0.15, 0.2) is 0 Å². The van der Waals surface area contributed by atoms with E-state index in [1.165, 1.54) is 6.07 Å². The summed E-state index contributed by atoms with van der Waals surface area (Å²) in [6.07, 6.45) is 2.75. The van der Waals surface area contributed by atoms with Gasteiger partial charge in [-0.05, 0) is 38.3 Å². The first-order valence-corrected chi connectivity index (χ1v) is 7.31. The SMILES string of the molecule is CCC(c1ccccc1F)N1CCCC1(CC)C(=O)O. The minimum Gasteiger partial charge on any atom is -0.480 e. The third-order valence-corrected chi connectivity index (χ3v) is 4.55. The van der Waals surface area contributed by atoms with Crippen molar-refractivity contribution in [3.63, 3.8) is 0 Å². The van der Waals surface area contributed by atoms with Crippen LogP contribution in [0.4, 0.5) is 4.39 Å². The molecule has 2 atom stereocenters. The monoisotopic (exact) mass is 279 g/mol. The van der Waals surface area contributed by atoms with Crippen LogP contribution in [0, 0.1) is 5.82 Å². The molecule has 1 fully saturated rings. The fraction of sp³-hybridized carbons (Fsp3) is 0.562. The molecule has 20 heavy (non-hydrogen) atoms. The van der Waals surface area contributed by atoms with Gasteiger partial charge in [0.1, 0.15) is 11.4 Å². The molecule has 0 aromatic heterocycles. The first-order chi connectivity index (χ1) is 9.56. The number of carboxylic acid groups (broad SMARTS) is 1. The maximum Gasteiger partial charge on any atom is 0.324 e. The lowest BCUT2D eigenvalue weighted by molar-refractivity contribution is -0.151. The van der Waals surface area contributed by atoms with Crippen molar-refractivity contribution in [2.45, 2.75) is 51.1 Å². The van der Waals surface area contributed by atoms with Gasteiger partial charge in [-0.15, -0.1) is 0 Å². The number of aliphatic carboxylic acids is 1. The third kappa shape index (κ3) is 2.33. The van der Waals surface area contributed by atoms with E-state index in [9.17, 15) is 14.3 Å². The normalized spacial score (nSPS) is 24.8. The Morgan fingerprint density at radius 2 is 2.15 bits per heavy atom. The van der Waals surface area contributed by atoms with Crippen LogP contribution in [0.1, 0.15) is 51.1 Å². The Kier molecular flexibility index (Phi) is 4.43. The van der Waals surface area contributed by atoms with Crippen LogP contribution in [0.5, 0.6) is 0 Å². The number of carboxylic acids is 1. The van der Waals surface area contributed by atoms with Crippen LogP contribution in [0.3, 0.4) is 0 Å². The molecule has 4 heteroatoms. The number of rotatable bonds is 5. The Labute approximate surface area is 119 Å². The molecule has 0 bridgehead atoms. The van der Waals surface area contributed by atoms with E-state index in [-0.39, 0.29) is 11.9 Å². The van der Waals surface area contributed by atoms with Crippen LogP contribution in [-0.4, -0.2) is 28.1 Å². The predicted molar refractivity (Wildman–Crippen MR) is 76.0 cm³/mol. The second kappa shape index (κ2) is 5.92. The molecule has 1 N–H and O–H groups in total. The average Bonchev–Trinajstić information content (AvgIpc) is 2.87. The summed E-state index contributed by atoms with van der Waals surface area (Å²) in [5.41, 5.74) is -0.237. The fourth-order valence-corrected chi connectivity index (χ4v) is 3.47. The highest BCUT2D eigenvalue weighted by atomic mass is 19.1. The van der Waals surface area contributed by atoms with Gasteiger partial charge in [0.25, 0.3) is 0 Å². The largest absolute Gasteiger partial charge is 0.480 e. The molecular formula is C16H22FNO2. The molecule has 1 aliphatic heterocycles. The zero-order chi connectivity index (χ0) is 14.8. The van der Waals surface area contributed by atoms with Gasteiger partial charge in [-0.2, -0.15) is 0 Å².